The molecule has 1 saturated heterocycles. The van der Waals surface area contributed by atoms with E-state index in [4.69, 9.17) is 9.47 Å². The fourth-order valence-corrected chi connectivity index (χ4v) is 2.37. The van der Waals surface area contributed by atoms with Gasteiger partial charge in [-0.3, -0.25) is 0 Å². The zero-order valence-corrected chi connectivity index (χ0v) is 10.1. The van der Waals surface area contributed by atoms with Crippen molar-refractivity contribution in [1.29, 1.82) is 0 Å². The Hall–Kier alpha value is -1.50. The van der Waals surface area contributed by atoms with Crippen LogP contribution < -0.4 is 15.0 Å². The molecule has 1 unspecified atom stereocenters. The minimum Gasteiger partial charge on any atom is -0.480 e. The third-order valence-electron chi connectivity index (χ3n) is 2.16. The molecule has 1 amide bonds. The van der Waals surface area contributed by atoms with Crippen LogP contribution in [0.15, 0.2) is 0 Å². The summed E-state index contributed by atoms with van der Waals surface area (Å²) in [6, 6.07) is 0. The van der Waals surface area contributed by atoms with Gasteiger partial charge in [0.1, 0.15) is 4.88 Å². The number of amides is 1. The van der Waals surface area contributed by atoms with Crippen LogP contribution in [-0.2, 0) is 4.74 Å². The van der Waals surface area contributed by atoms with Gasteiger partial charge in [-0.25, -0.2) is 4.79 Å². The summed E-state index contributed by atoms with van der Waals surface area (Å²) in [6.07, 6.45) is -0.694. The fraction of sp³-hybridized carbons (Fsp3) is 0.556. The Kier molecular flexibility index (Phi) is 2.86. The largest absolute Gasteiger partial charge is 0.480 e. The van der Waals surface area contributed by atoms with Crippen molar-refractivity contribution in [2.24, 2.45) is 0 Å². The Balaban J connectivity index is 2.28. The maximum absolute atomic E-state index is 11.0. The summed E-state index contributed by atoms with van der Waals surface area (Å²) in [5.74, 6) is 0.523. The number of anilines is 1. The summed E-state index contributed by atoms with van der Waals surface area (Å²) in [5, 5.41) is 3.43. The van der Waals surface area contributed by atoms with Crippen LogP contribution in [0.5, 0.6) is 5.88 Å². The van der Waals surface area contributed by atoms with E-state index in [1.54, 1.807) is 7.11 Å². The van der Waals surface area contributed by atoms with Crippen LogP contribution in [0.4, 0.5) is 9.93 Å². The van der Waals surface area contributed by atoms with Gasteiger partial charge in [-0.1, -0.05) is 11.3 Å². The molecule has 6 nitrogen and oxygen atoms in total. The first kappa shape index (κ1) is 11.0. The van der Waals surface area contributed by atoms with Gasteiger partial charge in [0.15, 0.2) is 11.2 Å². The number of nitrogens with zero attached hydrogens (tertiary/aromatic N) is 2. The van der Waals surface area contributed by atoms with Crippen molar-refractivity contribution in [3.05, 3.63) is 4.88 Å². The van der Waals surface area contributed by atoms with Crippen LogP contribution >= 0.6 is 11.3 Å². The fourth-order valence-electron chi connectivity index (χ4n) is 1.38. The highest BCUT2D eigenvalue weighted by Gasteiger charge is 2.30. The maximum atomic E-state index is 11.0. The lowest BCUT2D eigenvalue weighted by Crippen LogP contribution is -2.12. The van der Waals surface area contributed by atoms with Crippen molar-refractivity contribution in [2.45, 2.75) is 6.10 Å². The number of rotatable bonds is 3. The SMILES string of the molecule is COc1nc(N(C)C)sc1C1CNC(=O)O1. The van der Waals surface area contributed by atoms with E-state index in [0.717, 1.165) is 10.0 Å². The van der Waals surface area contributed by atoms with Crippen LogP contribution in [0.25, 0.3) is 0 Å². The van der Waals surface area contributed by atoms with E-state index >= 15 is 0 Å². The third-order valence-corrected chi connectivity index (χ3v) is 3.46. The number of alkyl carbamates (subject to hydrolysis) is 1. The Bertz CT molecular complexity index is 405. The molecule has 1 aromatic heterocycles. The van der Waals surface area contributed by atoms with E-state index in [2.05, 4.69) is 10.3 Å². The number of nitrogens with one attached hydrogen (secondary N) is 1. The number of carbonyl (C=O) groups excluding carboxylic acids is 1. The monoisotopic (exact) mass is 243 g/mol. The summed E-state index contributed by atoms with van der Waals surface area (Å²) in [4.78, 5) is 18.0. The second-order valence-corrected chi connectivity index (χ2v) is 4.55. The Morgan fingerprint density at radius 3 is 2.88 bits per heavy atom. The zero-order chi connectivity index (χ0) is 11.7. The molecule has 88 valence electrons. The molecule has 1 fully saturated rings. The normalized spacial score (nSPS) is 19.2. The van der Waals surface area contributed by atoms with E-state index in [9.17, 15) is 4.79 Å². The zero-order valence-electron chi connectivity index (χ0n) is 9.31. The van der Waals surface area contributed by atoms with Crippen molar-refractivity contribution in [2.75, 3.05) is 32.6 Å². The number of ether oxygens (including phenoxy) is 2. The van der Waals surface area contributed by atoms with Gasteiger partial charge < -0.3 is 19.7 Å². The van der Waals surface area contributed by atoms with Gasteiger partial charge in [0.25, 0.3) is 0 Å². The van der Waals surface area contributed by atoms with Gasteiger partial charge in [0.2, 0.25) is 5.88 Å². The van der Waals surface area contributed by atoms with E-state index in [1.807, 2.05) is 19.0 Å². The van der Waals surface area contributed by atoms with Gasteiger partial charge in [0.05, 0.1) is 13.7 Å². The number of hydrogen-bond acceptors (Lipinski definition) is 6. The smallest absolute Gasteiger partial charge is 0.407 e. The molecule has 7 heteroatoms. The van der Waals surface area contributed by atoms with E-state index in [1.165, 1.54) is 11.3 Å². The number of thiazole rings is 1. The predicted octanol–water partition coefficient (Wildman–Crippen LogP) is 0.999. The topological polar surface area (TPSA) is 63.7 Å². The van der Waals surface area contributed by atoms with Crippen LogP contribution in [0.2, 0.25) is 0 Å². The van der Waals surface area contributed by atoms with Crippen molar-refractivity contribution in [3.8, 4) is 5.88 Å². The Morgan fingerprint density at radius 1 is 1.62 bits per heavy atom. The lowest BCUT2D eigenvalue weighted by atomic mass is 10.3. The van der Waals surface area contributed by atoms with Gasteiger partial charge in [-0.05, 0) is 0 Å². The molecule has 0 aliphatic carbocycles. The Labute approximate surface area is 97.2 Å². The van der Waals surface area contributed by atoms with Gasteiger partial charge >= 0.3 is 6.09 Å². The molecule has 16 heavy (non-hydrogen) atoms. The molecular formula is C9H13N3O3S. The summed E-state index contributed by atoms with van der Waals surface area (Å²) >= 11 is 1.46. The van der Waals surface area contributed by atoms with Crippen LogP contribution in [-0.4, -0.2) is 38.8 Å². The molecule has 0 bridgehead atoms. The average Bonchev–Trinajstić information content (AvgIpc) is 2.82. The van der Waals surface area contributed by atoms with Crippen molar-refractivity contribution in [1.82, 2.24) is 10.3 Å². The first-order valence-electron chi connectivity index (χ1n) is 4.78. The third kappa shape index (κ3) is 1.90. The lowest BCUT2D eigenvalue weighted by molar-refractivity contribution is 0.141. The number of carbonyl (C=O) groups is 1. The number of aromatic nitrogens is 1. The molecule has 1 atom stereocenters. The summed E-state index contributed by atoms with van der Waals surface area (Å²) in [7, 11) is 5.37. The molecule has 1 aromatic rings. The van der Waals surface area contributed by atoms with Gasteiger partial charge in [-0.2, -0.15) is 4.98 Å². The van der Waals surface area contributed by atoms with E-state index in [0.29, 0.717) is 12.4 Å². The molecule has 0 saturated carbocycles. The molecule has 2 heterocycles. The van der Waals surface area contributed by atoms with Crippen molar-refractivity contribution in [3.63, 3.8) is 0 Å². The van der Waals surface area contributed by atoms with Gasteiger partial charge in [-0.15, -0.1) is 0 Å². The number of cyclic esters (lactones) is 1. The van der Waals surface area contributed by atoms with Gasteiger partial charge in [0, 0.05) is 14.1 Å². The Morgan fingerprint density at radius 2 is 2.38 bits per heavy atom. The first-order valence-corrected chi connectivity index (χ1v) is 5.60. The van der Waals surface area contributed by atoms with E-state index < -0.39 is 6.09 Å². The van der Waals surface area contributed by atoms with Crippen LogP contribution in [0.3, 0.4) is 0 Å². The first-order chi connectivity index (χ1) is 7.61. The molecule has 1 aliphatic heterocycles. The molecule has 0 radical (unpaired) electrons. The summed E-state index contributed by atoms with van der Waals surface area (Å²) < 4.78 is 10.3. The van der Waals surface area contributed by atoms with E-state index in [-0.39, 0.29) is 6.10 Å². The highest BCUT2D eigenvalue weighted by Crippen LogP contribution is 2.37. The lowest BCUT2D eigenvalue weighted by Gasteiger charge is -2.06. The minimum atomic E-state index is -0.396. The second-order valence-electron chi connectivity index (χ2n) is 3.54. The highest BCUT2D eigenvalue weighted by molar-refractivity contribution is 7.16. The molecular weight excluding hydrogens is 230 g/mol. The predicted molar refractivity (Wildman–Crippen MR) is 60.2 cm³/mol. The van der Waals surface area contributed by atoms with Crippen molar-refractivity contribution < 1.29 is 14.3 Å². The maximum Gasteiger partial charge on any atom is 0.407 e. The average molecular weight is 243 g/mol. The van der Waals surface area contributed by atoms with Crippen LogP contribution in [0.1, 0.15) is 11.0 Å². The number of hydrogen-bond donors (Lipinski definition) is 1. The standard InChI is InChI=1S/C9H13N3O3S/c1-12(2)8-11-7(14-3)6(16-8)5-4-10-9(13)15-5/h5H,4H2,1-3H3,(H,10,13). The molecule has 0 spiro atoms. The summed E-state index contributed by atoms with van der Waals surface area (Å²) in [5.41, 5.74) is 0. The summed E-state index contributed by atoms with van der Waals surface area (Å²) in [6.45, 7) is 0.463. The highest BCUT2D eigenvalue weighted by atomic mass is 32.1. The second kappa shape index (κ2) is 4.17. The number of methoxy groups -OCH3 is 1. The molecule has 0 aromatic carbocycles. The molecule has 1 aliphatic rings. The van der Waals surface area contributed by atoms with Crippen LogP contribution in [0, 0.1) is 0 Å². The molecule has 2 rings (SSSR count). The van der Waals surface area contributed by atoms with Crippen molar-refractivity contribution >= 4 is 22.6 Å². The molecule has 1 N–H and O–H groups in total. The minimum absolute atomic E-state index is 0.298. The quantitative estimate of drug-likeness (QED) is 0.858.